The summed E-state index contributed by atoms with van der Waals surface area (Å²) in [5.74, 6) is -1.89. The molecule has 0 spiro atoms. The van der Waals surface area contributed by atoms with E-state index in [1.54, 1.807) is 0 Å². The first kappa shape index (κ1) is 18.7. The zero-order chi connectivity index (χ0) is 18.6. The first-order valence-corrected chi connectivity index (χ1v) is 7.60. The van der Waals surface area contributed by atoms with Gasteiger partial charge in [-0.3, -0.25) is 4.79 Å². The molecule has 0 saturated carbocycles. The van der Waals surface area contributed by atoms with Gasteiger partial charge >= 0.3 is 11.5 Å². The Bertz CT molecular complexity index is 791. The lowest BCUT2D eigenvalue weighted by Crippen LogP contribution is -2.13. The third-order valence-corrected chi connectivity index (χ3v) is 3.78. The minimum atomic E-state index is -4.41. The highest BCUT2D eigenvalue weighted by atomic mass is 32.2. The van der Waals surface area contributed by atoms with Gasteiger partial charge in [0.1, 0.15) is 5.56 Å². The number of nitrogens with one attached hydrogen (secondary N) is 1. The molecule has 132 valence electrons. The molecule has 1 amide bonds. The molecule has 2 aromatic carbocycles. The molecule has 0 heterocycles. The van der Waals surface area contributed by atoms with Gasteiger partial charge in [-0.05, 0) is 48.2 Å². The van der Waals surface area contributed by atoms with Crippen molar-refractivity contribution in [2.75, 3.05) is 12.4 Å². The van der Waals surface area contributed by atoms with E-state index in [2.05, 4.69) is 10.1 Å². The minimum Gasteiger partial charge on any atom is -0.505 e. The first-order chi connectivity index (χ1) is 11.7. The normalized spacial score (nSPS) is 11.0. The van der Waals surface area contributed by atoms with Crippen molar-refractivity contribution in [3.05, 3.63) is 53.6 Å². The number of carbonyl (C=O) groups excluding carboxylic acids is 2. The van der Waals surface area contributed by atoms with Crippen LogP contribution >= 0.6 is 11.8 Å². The largest absolute Gasteiger partial charge is 0.505 e. The van der Waals surface area contributed by atoms with Crippen LogP contribution in [-0.2, 0) is 4.74 Å². The van der Waals surface area contributed by atoms with Gasteiger partial charge in [0.25, 0.3) is 5.91 Å². The van der Waals surface area contributed by atoms with Crippen LogP contribution in [0.25, 0.3) is 0 Å². The molecule has 25 heavy (non-hydrogen) atoms. The molecular weight excluding hydrogens is 359 g/mol. The number of methoxy groups -OCH3 is 1. The standard InChI is InChI=1S/C16H12F3NO4S/c1-24-15(23)11-3-2-4-12(13(11)21)20-14(22)9-5-7-10(8-6-9)25-16(17,18)19/h2-8,21H,1H3,(H,20,22). The maximum Gasteiger partial charge on any atom is 0.446 e. The van der Waals surface area contributed by atoms with Crippen LogP contribution in [0.4, 0.5) is 18.9 Å². The molecule has 0 bridgehead atoms. The lowest BCUT2D eigenvalue weighted by Gasteiger charge is -2.10. The van der Waals surface area contributed by atoms with Crippen LogP contribution in [0, 0.1) is 0 Å². The summed E-state index contributed by atoms with van der Waals surface area (Å²) in [6.07, 6.45) is 0. The maximum atomic E-state index is 12.3. The molecule has 5 nitrogen and oxygen atoms in total. The van der Waals surface area contributed by atoms with E-state index in [1.807, 2.05) is 0 Å². The molecule has 0 radical (unpaired) electrons. The Kier molecular flexibility index (Phi) is 5.58. The lowest BCUT2D eigenvalue weighted by molar-refractivity contribution is -0.0328. The summed E-state index contributed by atoms with van der Waals surface area (Å²) in [7, 11) is 1.15. The highest BCUT2D eigenvalue weighted by Crippen LogP contribution is 2.36. The molecule has 2 aromatic rings. The number of halogens is 3. The number of amides is 1. The Morgan fingerprint density at radius 3 is 2.32 bits per heavy atom. The fourth-order valence-corrected chi connectivity index (χ4v) is 2.46. The molecule has 0 aromatic heterocycles. The first-order valence-electron chi connectivity index (χ1n) is 6.78. The molecule has 2 N–H and O–H groups in total. The number of aromatic hydroxyl groups is 1. The Morgan fingerprint density at radius 1 is 1.12 bits per heavy atom. The average molecular weight is 371 g/mol. The van der Waals surface area contributed by atoms with Crippen LogP contribution in [0.15, 0.2) is 47.4 Å². The van der Waals surface area contributed by atoms with E-state index in [4.69, 9.17) is 0 Å². The van der Waals surface area contributed by atoms with Gasteiger partial charge in [-0.15, -0.1) is 0 Å². The van der Waals surface area contributed by atoms with Crippen LogP contribution < -0.4 is 5.32 Å². The smallest absolute Gasteiger partial charge is 0.446 e. The summed E-state index contributed by atoms with van der Waals surface area (Å²) in [5.41, 5.74) is -4.47. The number of alkyl halides is 3. The van der Waals surface area contributed by atoms with Crippen LogP contribution in [0.3, 0.4) is 0 Å². The van der Waals surface area contributed by atoms with Gasteiger partial charge in [-0.2, -0.15) is 13.2 Å². The number of ether oxygens (including phenoxy) is 1. The number of phenolic OH excluding ortho intramolecular Hbond substituents is 1. The predicted molar refractivity (Wildman–Crippen MR) is 85.8 cm³/mol. The van der Waals surface area contributed by atoms with Crippen LogP contribution in [-0.4, -0.2) is 29.6 Å². The van der Waals surface area contributed by atoms with Crippen LogP contribution in [0.5, 0.6) is 5.75 Å². The van der Waals surface area contributed by atoms with Gasteiger partial charge in [-0.1, -0.05) is 6.07 Å². The van der Waals surface area contributed by atoms with Crippen molar-refractivity contribution in [1.82, 2.24) is 0 Å². The van der Waals surface area contributed by atoms with E-state index in [-0.39, 0.29) is 33.5 Å². The summed E-state index contributed by atoms with van der Waals surface area (Å²) < 4.78 is 41.4. The highest BCUT2D eigenvalue weighted by Gasteiger charge is 2.29. The number of para-hydroxylation sites is 1. The van der Waals surface area contributed by atoms with Crippen molar-refractivity contribution in [1.29, 1.82) is 0 Å². The van der Waals surface area contributed by atoms with Gasteiger partial charge in [0.15, 0.2) is 5.75 Å². The van der Waals surface area contributed by atoms with E-state index >= 15 is 0 Å². The third-order valence-electron chi connectivity index (χ3n) is 3.04. The third kappa shape index (κ3) is 4.90. The van der Waals surface area contributed by atoms with Crippen molar-refractivity contribution in [3.8, 4) is 5.75 Å². The molecule has 2 rings (SSSR count). The number of anilines is 1. The Hall–Kier alpha value is -2.68. The van der Waals surface area contributed by atoms with Crippen LogP contribution in [0.2, 0.25) is 0 Å². The Morgan fingerprint density at radius 2 is 1.76 bits per heavy atom. The summed E-state index contributed by atoms with van der Waals surface area (Å²) >= 11 is -0.288. The number of phenols is 1. The average Bonchev–Trinajstić information content (AvgIpc) is 2.55. The Labute approximate surface area is 144 Å². The molecule has 0 atom stereocenters. The van der Waals surface area contributed by atoms with E-state index in [9.17, 15) is 27.9 Å². The second kappa shape index (κ2) is 7.47. The molecule has 0 fully saturated rings. The summed E-state index contributed by atoms with van der Waals surface area (Å²) in [5, 5.41) is 12.4. The topological polar surface area (TPSA) is 75.6 Å². The lowest BCUT2D eigenvalue weighted by atomic mass is 10.1. The number of hydrogen-bond donors (Lipinski definition) is 2. The van der Waals surface area contributed by atoms with E-state index in [0.29, 0.717) is 0 Å². The van der Waals surface area contributed by atoms with Crippen molar-refractivity contribution in [2.45, 2.75) is 10.4 Å². The predicted octanol–water partition coefficient (Wildman–Crippen LogP) is 4.04. The van der Waals surface area contributed by atoms with Crippen LogP contribution in [0.1, 0.15) is 20.7 Å². The summed E-state index contributed by atoms with van der Waals surface area (Å²) in [6.45, 7) is 0. The van der Waals surface area contributed by atoms with E-state index in [0.717, 1.165) is 19.2 Å². The molecule has 0 aliphatic rings. The SMILES string of the molecule is COC(=O)c1cccc(NC(=O)c2ccc(SC(F)(F)F)cc2)c1O. The number of esters is 1. The zero-order valence-electron chi connectivity index (χ0n) is 12.8. The van der Waals surface area contributed by atoms with Crippen molar-refractivity contribution >= 4 is 29.3 Å². The second-order valence-electron chi connectivity index (χ2n) is 4.72. The molecule has 0 aliphatic heterocycles. The Balaban J connectivity index is 2.16. The molecule has 9 heteroatoms. The summed E-state index contributed by atoms with van der Waals surface area (Å²) in [6, 6.07) is 8.91. The van der Waals surface area contributed by atoms with Gasteiger partial charge in [0.2, 0.25) is 0 Å². The molecule has 0 saturated heterocycles. The quantitative estimate of drug-likeness (QED) is 0.482. The van der Waals surface area contributed by atoms with Crippen molar-refractivity contribution < 1.29 is 32.6 Å². The van der Waals surface area contributed by atoms with E-state index in [1.165, 1.54) is 30.3 Å². The molecule has 0 aliphatic carbocycles. The molecule has 0 unspecified atom stereocenters. The number of hydrogen-bond acceptors (Lipinski definition) is 5. The van der Waals surface area contributed by atoms with E-state index < -0.39 is 23.1 Å². The minimum absolute atomic E-state index is 0.0263. The van der Waals surface area contributed by atoms with Crippen molar-refractivity contribution in [2.24, 2.45) is 0 Å². The van der Waals surface area contributed by atoms with Gasteiger partial charge in [-0.25, -0.2) is 4.79 Å². The zero-order valence-corrected chi connectivity index (χ0v) is 13.6. The number of carbonyl (C=O) groups is 2. The van der Waals surface area contributed by atoms with Gasteiger partial charge in [0.05, 0.1) is 12.8 Å². The second-order valence-corrected chi connectivity index (χ2v) is 5.86. The fourth-order valence-electron chi connectivity index (χ4n) is 1.92. The fraction of sp³-hybridized carbons (Fsp3) is 0.125. The van der Waals surface area contributed by atoms with Gasteiger partial charge < -0.3 is 15.2 Å². The number of benzene rings is 2. The highest BCUT2D eigenvalue weighted by molar-refractivity contribution is 8.00. The summed E-state index contributed by atoms with van der Waals surface area (Å²) in [4.78, 5) is 23.6. The molecular formula is C16H12F3NO4S. The number of rotatable bonds is 4. The maximum absolute atomic E-state index is 12.3. The number of thioether (sulfide) groups is 1. The van der Waals surface area contributed by atoms with Crippen molar-refractivity contribution in [3.63, 3.8) is 0 Å². The van der Waals surface area contributed by atoms with Gasteiger partial charge in [0, 0.05) is 10.5 Å². The monoisotopic (exact) mass is 371 g/mol.